The highest BCUT2D eigenvalue weighted by molar-refractivity contribution is 5.63. The van der Waals surface area contributed by atoms with E-state index in [4.69, 9.17) is 0 Å². The first-order valence-electron chi connectivity index (χ1n) is 6.58. The minimum Gasteiger partial charge on any atom is -0.271 e. The van der Waals surface area contributed by atoms with Crippen LogP contribution < -0.4 is 0 Å². The van der Waals surface area contributed by atoms with Crippen molar-refractivity contribution in [2.75, 3.05) is 0 Å². The highest BCUT2D eigenvalue weighted by Gasteiger charge is 2.33. The molecule has 0 fully saturated rings. The lowest BCUT2D eigenvalue weighted by Crippen LogP contribution is -2.08. The number of halogens is 3. The molecule has 8 heteroatoms. The monoisotopic (exact) mass is 307 g/mol. The van der Waals surface area contributed by atoms with Crippen LogP contribution in [0.25, 0.3) is 11.3 Å². The highest BCUT2D eigenvalue weighted by atomic mass is 19.4. The smallest absolute Gasteiger partial charge is 0.271 e. The summed E-state index contributed by atoms with van der Waals surface area (Å²) < 4.78 is 42.2. The van der Waals surface area contributed by atoms with Crippen molar-refractivity contribution in [1.82, 2.24) is 24.8 Å². The second-order valence-electron chi connectivity index (χ2n) is 4.68. The summed E-state index contributed by atoms with van der Waals surface area (Å²) in [6.45, 7) is 1.04. The lowest BCUT2D eigenvalue weighted by Gasteiger charge is -2.10. The molecule has 0 unspecified atom stereocenters. The summed E-state index contributed by atoms with van der Waals surface area (Å²) in [6.07, 6.45) is 0.548. The third kappa shape index (κ3) is 3.00. The van der Waals surface area contributed by atoms with Crippen LogP contribution in [0.5, 0.6) is 0 Å². The fourth-order valence-corrected chi connectivity index (χ4v) is 2.12. The predicted molar refractivity (Wildman–Crippen MR) is 72.7 cm³/mol. The second kappa shape index (κ2) is 5.63. The van der Waals surface area contributed by atoms with Gasteiger partial charge in [-0.25, -0.2) is 0 Å². The summed E-state index contributed by atoms with van der Waals surface area (Å²) in [5.74, 6) is 0. The summed E-state index contributed by atoms with van der Waals surface area (Å²) in [5, 5.41) is 11.8. The van der Waals surface area contributed by atoms with Crippen molar-refractivity contribution in [3.8, 4) is 11.3 Å². The number of aromatic nitrogens is 5. The van der Waals surface area contributed by atoms with E-state index in [1.165, 1.54) is 23.0 Å². The zero-order chi connectivity index (χ0) is 15.6. The lowest BCUT2D eigenvalue weighted by molar-refractivity contribution is -0.137. The average molecular weight is 307 g/mol. The number of hydrogen-bond donors (Lipinski definition) is 0. The van der Waals surface area contributed by atoms with Crippen molar-refractivity contribution in [2.45, 2.75) is 19.3 Å². The van der Waals surface area contributed by atoms with Crippen LogP contribution in [0.3, 0.4) is 0 Å². The van der Waals surface area contributed by atoms with Crippen molar-refractivity contribution in [1.29, 1.82) is 0 Å². The maximum absolute atomic E-state index is 13.0. The van der Waals surface area contributed by atoms with Gasteiger partial charge in [-0.2, -0.15) is 18.3 Å². The number of nitrogens with zero attached hydrogens (tertiary/aromatic N) is 5. The van der Waals surface area contributed by atoms with Crippen LogP contribution >= 0.6 is 0 Å². The van der Waals surface area contributed by atoms with Gasteiger partial charge in [0.1, 0.15) is 5.69 Å². The molecule has 0 atom stereocenters. The Kier molecular flexibility index (Phi) is 3.66. The molecule has 114 valence electrons. The lowest BCUT2D eigenvalue weighted by atomic mass is 10.1. The van der Waals surface area contributed by atoms with Crippen molar-refractivity contribution in [3.63, 3.8) is 0 Å². The molecule has 2 heterocycles. The molecule has 1 aromatic carbocycles. The summed E-state index contributed by atoms with van der Waals surface area (Å²) in [5.41, 5.74) is -0.483. The Labute approximate surface area is 124 Å². The number of rotatable bonds is 4. The largest absolute Gasteiger partial charge is 0.417 e. The Morgan fingerprint density at radius 2 is 1.77 bits per heavy atom. The van der Waals surface area contributed by atoms with E-state index in [1.807, 2.05) is 0 Å². The van der Waals surface area contributed by atoms with Crippen molar-refractivity contribution < 1.29 is 13.2 Å². The topological polar surface area (TPSA) is 48.5 Å². The van der Waals surface area contributed by atoms with Crippen LogP contribution in [-0.4, -0.2) is 24.8 Å². The fraction of sp³-hybridized carbons (Fsp3) is 0.214. The minimum absolute atomic E-state index is 0.0281. The fourth-order valence-electron chi connectivity index (χ4n) is 2.12. The van der Waals surface area contributed by atoms with Gasteiger partial charge in [0.05, 0.1) is 24.8 Å². The van der Waals surface area contributed by atoms with Crippen LogP contribution in [0.4, 0.5) is 13.2 Å². The number of aryl methyl sites for hydroxylation is 2. The molecule has 0 amide bonds. The molecule has 0 N–H and O–H groups in total. The first-order valence-corrected chi connectivity index (χ1v) is 6.58. The van der Waals surface area contributed by atoms with E-state index >= 15 is 0 Å². The van der Waals surface area contributed by atoms with Gasteiger partial charge in [-0.05, 0) is 12.1 Å². The first-order chi connectivity index (χ1) is 10.5. The molecule has 0 aliphatic rings. The molecular formula is C14H12F3N5. The number of alkyl halides is 3. The summed E-state index contributed by atoms with van der Waals surface area (Å²) in [6, 6.07) is 7.14. The maximum Gasteiger partial charge on any atom is 0.417 e. The van der Waals surface area contributed by atoms with Crippen LogP contribution in [0.1, 0.15) is 5.56 Å². The quantitative estimate of drug-likeness (QED) is 0.744. The molecule has 0 aliphatic heterocycles. The molecule has 5 nitrogen and oxygen atoms in total. The zero-order valence-electron chi connectivity index (χ0n) is 11.4. The second-order valence-corrected chi connectivity index (χ2v) is 4.68. The van der Waals surface area contributed by atoms with Crippen molar-refractivity contribution in [3.05, 3.63) is 54.5 Å². The molecule has 22 heavy (non-hydrogen) atoms. The minimum atomic E-state index is -4.42. The molecule has 0 radical (unpaired) electrons. The van der Waals surface area contributed by atoms with Gasteiger partial charge in [-0.3, -0.25) is 9.36 Å². The highest BCUT2D eigenvalue weighted by Crippen LogP contribution is 2.35. The standard InChI is InChI=1S/C14H12F3N5/c15-14(16,17)12-5-2-1-4-11(12)13-10-22(20-19-13)9-8-21-7-3-6-18-21/h1-7,10H,8-9H2. The van der Waals surface area contributed by atoms with Crippen LogP contribution in [-0.2, 0) is 19.3 Å². The molecular weight excluding hydrogens is 295 g/mol. The molecule has 3 rings (SSSR count). The number of hydrogen-bond acceptors (Lipinski definition) is 3. The Bertz CT molecular complexity index is 746. The molecule has 0 spiro atoms. The van der Waals surface area contributed by atoms with Gasteiger partial charge in [0.25, 0.3) is 0 Å². The van der Waals surface area contributed by atoms with Gasteiger partial charge in [0.2, 0.25) is 0 Å². The van der Waals surface area contributed by atoms with E-state index in [-0.39, 0.29) is 11.3 Å². The number of benzene rings is 1. The van der Waals surface area contributed by atoms with Crippen molar-refractivity contribution in [2.24, 2.45) is 0 Å². The average Bonchev–Trinajstić information content (AvgIpc) is 3.16. The van der Waals surface area contributed by atoms with E-state index in [9.17, 15) is 13.2 Å². The van der Waals surface area contributed by atoms with E-state index in [0.717, 1.165) is 6.07 Å². The third-order valence-corrected chi connectivity index (χ3v) is 3.16. The van der Waals surface area contributed by atoms with Gasteiger partial charge in [0, 0.05) is 18.0 Å². The van der Waals surface area contributed by atoms with Gasteiger partial charge in [0.15, 0.2) is 0 Å². The van der Waals surface area contributed by atoms with Gasteiger partial charge in [-0.1, -0.05) is 23.4 Å². The first kappa shape index (κ1) is 14.3. The van der Waals surface area contributed by atoms with E-state index in [0.29, 0.717) is 13.1 Å². The molecule has 3 aromatic rings. The van der Waals surface area contributed by atoms with Crippen LogP contribution in [0, 0.1) is 0 Å². The molecule has 0 saturated heterocycles. The van der Waals surface area contributed by atoms with Gasteiger partial charge >= 0.3 is 6.18 Å². The van der Waals surface area contributed by atoms with Crippen molar-refractivity contribution >= 4 is 0 Å². The van der Waals surface area contributed by atoms with Gasteiger partial charge in [-0.15, -0.1) is 5.10 Å². The third-order valence-electron chi connectivity index (χ3n) is 3.16. The van der Waals surface area contributed by atoms with Crippen LogP contribution in [0.2, 0.25) is 0 Å². The zero-order valence-corrected chi connectivity index (χ0v) is 11.4. The normalized spacial score (nSPS) is 11.8. The Morgan fingerprint density at radius 1 is 1.00 bits per heavy atom. The molecule has 0 aliphatic carbocycles. The van der Waals surface area contributed by atoms with E-state index in [1.54, 1.807) is 29.2 Å². The Morgan fingerprint density at radius 3 is 2.50 bits per heavy atom. The molecule has 0 saturated carbocycles. The Hall–Kier alpha value is -2.64. The predicted octanol–water partition coefficient (Wildman–Crippen LogP) is 2.86. The molecule has 0 bridgehead atoms. The SMILES string of the molecule is FC(F)(F)c1ccccc1-c1cn(CCn2cccn2)nn1. The summed E-state index contributed by atoms with van der Waals surface area (Å²) in [4.78, 5) is 0. The summed E-state index contributed by atoms with van der Waals surface area (Å²) >= 11 is 0. The van der Waals surface area contributed by atoms with Crippen LogP contribution in [0.15, 0.2) is 48.9 Å². The van der Waals surface area contributed by atoms with E-state index in [2.05, 4.69) is 15.4 Å². The Balaban J connectivity index is 1.82. The maximum atomic E-state index is 13.0. The summed E-state index contributed by atoms with van der Waals surface area (Å²) in [7, 11) is 0. The van der Waals surface area contributed by atoms with Gasteiger partial charge < -0.3 is 0 Å². The molecule has 2 aromatic heterocycles. The van der Waals surface area contributed by atoms with E-state index < -0.39 is 11.7 Å².